The van der Waals surface area contributed by atoms with Gasteiger partial charge in [0, 0.05) is 5.69 Å². The number of thioether (sulfide) groups is 1. The zero-order chi connectivity index (χ0) is 22.0. The molecule has 0 aliphatic carbocycles. The predicted molar refractivity (Wildman–Crippen MR) is 116 cm³/mol. The number of benzene rings is 2. The first-order valence-corrected chi connectivity index (χ1v) is 11.9. The van der Waals surface area contributed by atoms with E-state index in [1.54, 1.807) is 42.5 Å². The summed E-state index contributed by atoms with van der Waals surface area (Å²) in [6.45, 7) is -0.222. The number of carbonyl (C=O) groups excluding carboxylic acids is 2. The van der Waals surface area contributed by atoms with Gasteiger partial charge < -0.3 is 14.8 Å². The van der Waals surface area contributed by atoms with Crippen molar-refractivity contribution in [2.24, 2.45) is 0 Å². The average Bonchev–Trinajstić information content (AvgIpc) is 2.76. The van der Waals surface area contributed by atoms with Gasteiger partial charge >= 0.3 is 5.97 Å². The minimum Gasteiger partial charge on any atom is -0.482 e. The number of hydrogen-bond acceptors (Lipinski definition) is 7. The number of carbonyl (C=O) groups is 2. The van der Waals surface area contributed by atoms with Gasteiger partial charge in [0.1, 0.15) is 11.8 Å². The summed E-state index contributed by atoms with van der Waals surface area (Å²) in [5, 5.41) is 2.71. The summed E-state index contributed by atoms with van der Waals surface area (Å²) in [4.78, 5) is 23.9. The second kappa shape index (κ2) is 11.6. The number of anilines is 1. The van der Waals surface area contributed by atoms with Crippen LogP contribution in [0.5, 0.6) is 5.75 Å². The topological polar surface area (TPSA) is 111 Å². The van der Waals surface area contributed by atoms with Gasteiger partial charge in [0.05, 0.1) is 12.0 Å². The van der Waals surface area contributed by atoms with Gasteiger partial charge in [-0.25, -0.2) is 13.2 Å². The van der Waals surface area contributed by atoms with Crippen molar-refractivity contribution in [2.45, 2.75) is 17.4 Å². The zero-order valence-corrected chi connectivity index (χ0v) is 18.3. The number of esters is 1. The molecule has 0 radical (unpaired) electrons. The van der Waals surface area contributed by atoms with Gasteiger partial charge in [-0.3, -0.25) is 4.79 Å². The molecule has 0 saturated heterocycles. The Kier molecular flexibility index (Phi) is 9.15. The van der Waals surface area contributed by atoms with Gasteiger partial charge in [-0.2, -0.15) is 16.5 Å². The van der Waals surface area contributed by atoms with Gasteiger partial charge in [0.15, 0.2) is 6.61 Å². The highest BCUT2D eigenvalue weighted by molar-refractivity contribution is 7.98. The molecule has 2 rings (SSSR count). The van der Waals surface area contributed by atoms with Gasteiger partial charge in [0.25, 0.3) is 0 Å². The molecule has 0 aromatic heterocycles. The van der Waals surface area contributed by atoms with E-state index >= 15 is 0 Å². The van der Waals surface area contributed by atoms with E-state index in [2.05, 4.69) is 14.8 Å². The number of methoxy groups -OCH3 is 1. The number of nitrogens with one attached hydrogen (secondary N) is 2. The molecule has 0 saturated carbocycles. The first-order chi connectivity index (χ1) is 14.4. The first kappa shape index (κ1) is 23.7. The van der Waals surface area contributed by atoms with Crippen LogP contribution < -0.4 is 14.8 Å². The van der Waals surface area contributed by atoms with Gasteiger partial charge in [-0.05, 0) is 54.8 Å². The summed E-state index contributed by atoms with van der Waals surface area (Å²) < 4.78 is 37.5. The highest BCUT2D eigenvalue weighted by Crippen LogP contribution is 2.17. The van der Waals surface area contributed by atoms with E-state index in [-0.39, 0.29) is 11.5 Å². The largest absolute Gasteiger partial charge is 0.482 e. The Morgan fingerprint density at radius 3 is 2.33 bits per heavy atom. The molecule has 0 aliphatic rings. The predicted octanol–water partition coefficient (Wildman–Crippen LogP) is 2.28. The molecule has 0 aliphatic heterocycles. The van der Waals surface area contributed by atoms with E-state index in [9.17, 15) is 18.0 Å². The van der Waals surface area contributed by atoms with Crippen LogP contribution in [0.1, 0.15) is 6.42 Å². The molecule has 2 N–H and O–H groups in total. The Morgan fingerprint density at radius 1 is 1.07 bits per heavy atom. The summed E-state index contributed by atoms with van der Waals surface area (Å²) in [7, 11) is -2.57. The van der Waals surface area contributed by atoms with E-state index in [1.165, 1.54) is 31.0 Å². The van der Waals surface area contributed by atoms with Crippen molar-refractivity contribution in [3.05, 3.63) is 54.6 Å². The molecule has 0 fully saturated rings. The van der Waals surface area contributed by atoms with Crippen molar-refractivity contribution in [1.82, 2.24) is 4.72 Å². The fourth-order valence-corrected chi connectivity index (χ4v) is 4.12. The summed E-state index contributed by atoms with van der Waals surface area (Å²) >= 11 is 1.52. The van der Waals surface area contributed by atoms with Crippen LogP contribution >= 0.6 is 11.8 Å². The minimum absolute atomic E-state index is 0.0964. The van der Waals surface area contributed by atoms with Crippen molar-refractivity contribution in [3.8, 4) is 5.75 Å². The first-order valence-electron chi connectivity index (χ1n) is 9.02. The van der Waals surface area contributed by atoms with E-state index in [0.717, 1.165) is 0 Å². The fraction of sp³-hybridized carbons (Fsp3) is 0.300. The smallest absolute Gasteiger partial charge is 0.343 e. The van der Waals surface area contributed by atoms with Gasteiger partial charge in [0.2, 0.25) is 15.9 Å². The fourth-order valence-electron chi connectivity index (χ4n) is 2.40. The molecule has 1 unspecified atom stereocenters. The molecule has 162 valence electrons. The Labute approximate surface area is 180 Å². The third kappa shape index (κ3) is 7.36. The van der Waals surface area contributed by atoms with Crippen LogP contribution in [0.2, 0.25) is 0 Å². The molecule has 2 aromatic rings. The third-order valence-electron chi connectivity index (χ3n) is 3.98. The number of rotatable bonds is 11. The molecule has 0 spiro atoms. The maximum Gasteiger partial charge on any atom is 0.343 e. The lowest BCUT2D eigenvalue weighted by Gasteiger charge is -2.18. The van der Waals surface area contributed by atoms with Crippen molar-refractivity contribution < 1.29 is 27.5 Å². The normalized spacial score (nSPS) is 12.1. The summed E-state index contributed by atoms with van der Waals surface area (Å²) in [6.07, 6.45) is 2.22. The maximum absolute atomic E-state index is 12.7. The maximum atomic E-state index is 12.7. The third-order valence-corrected chi connectivity index (χ3v) is 6.12. The van der Waals surface area contributed by atoms with Crippen molar-refractivity contribution in [2.75, 3.05) is 31.0 Å². The van der Waals surface area contributed by atoms with Crippen molar-refractivity contribution in [3.63, 3.8) is 0 Å². The summed E-state index contributed by atoms with van der Waals surface area (Å²) in [6, 6.07) is 13.3. The molecule has 8 nitrogen and oxygen atoms in total. The van der Waals surface area contributed by atoms with Crippen LogP contribution in [-0.4, -0.2) is 52.1 Å². The van der Waals surface area contributed by atoms with Gasteiger partial charge in [-0.1, -0.05) is 18.2 Å². The second-order valence-corrected chi connectivity index (χ2v) is 8.85. The Morgan fingerprint density at radius 2 is 1.73 bits per heavy atom. The van der Waals surface area contributed by atoms with E-state index in [0.29, 0.717) is 23.6 Å². The molecular formula is C20H24N2O6S2. The lowest BCUT2D eigenvalue weighted by Crippen LogP contribution is -2.44. The van der Waals surface area contributed by atoms with Crippen molar-refractivity contribution in [1.29, 1.82) is 0 Å². The van der Waals surface area contributed by atoms with Crippen LogP contribution in [0.4, 0.5) is 5.69 Å². The van der Waals surface area contributed by atoms with Crippen LogP contribution in [-0.2, 0) is 24.3 Å². The quantitative estimate of drug-likeness (QED) is 0.503. The monoisotopic (exact) mass is 452 g/mol. The van der Waals surface area contributed by atoms with Crippen LogP contribution in [0.25, 0.3) is 0 Å². The van der Waals surface area contributed by atoms with Crippen LogP contribution in [0.15, 0.2) is 59.5 Å². The van der Waals surface area contributed by atoms with E-state index in [4.69, 9.17) is 4.74 Å². The van der Waals surface area contributed by atoms with Crippen molar-refractivity contribution >= 4 is 39.3 Å². The zero-order valence-electron chi connectivity index (χ0n) is 16.7. The molecule has 0 bridgehead atoms. The highest BCUT2D eigenvalue weighted by atomic mass is 32.2. The number of ether oxygens (including phenoxy) is 2. The molecule has 10 heteroatoms. The molecular weight excluding hydrogens is 428 g/mol. The van der Waals surface area contributed by atoms with Crippen LogP contribution in [0.3, 0.4) is 0 Å². The molecule has 30 heavy (non-hydrogen) atoms. The second-order valence-electron chi connectivity index (χ2n) is 6.15. The summed E-state index contributed by atoms with van der Waals surface area (Å²) in [5.41, 5.74) is 0.471. The molecule has 0 heterocycles. The Bertz CT molecular complexity index is 934. The molecule has 1 atom stereocenters. The van der Waals surface area contributed by atoms with Gasteiger partial charge in [-0.15, -0.1) is 0 Å². The number of hydrogen-bond donors (Lipinski definition) is 2. The van der Waals surface area contributed by atoms with E-state index in [1.807, 2.05) is 6.26 Å². The average molecular weight is 453 g/mol. The molecule has 2 aromatic carbocycles. The lowest BCUT2D eigenvalue weighted by molar-refractivity contribution is -0.142. The lowest BCUT2D eigenvalue weighted by atomic mass is 10.2. The minimum atomic E-state index is -3.84. The highest BCUT2D eigenvalue weighted by Gasteiger charge is 2.25. The summed E-state index contributed by atoms with van der Waals surface area (Å²) in [5.74, 6) is 0.0685. The van der Waals surface area contributed by atoms with E-state index < -0.39 is 27.9 Å². The van der Waals surface area contributed by atoms with Crippen LogP contribution in [0, 0.1) is 0 Å². The SMILES string of the molecule is COC(=O)COc1ccc(NC(=O)C(CCSC)NS(=O)(=O)c2ccccc2)cc1. The Balaban J connectivity index is 2.05. The number of amides is 1. The standard InChI is InChI=1S/C20H24N2O6S2/c1-27-19(23)14-28-16-10-8-15(9-11-16)21-20(24)18(12-13-29-2)22-30(25,26)17-6-4-3-5-7-17/h3-11,18,22H,12-14H2,1-2H3,(H,21,24). The Hall–Kier alpha value is -2.56. The molecule has 1 amide bonds. The number of sulfonamides is 1.